The fourth-order valence-corrected chi connectivity index (χ4v) is 1.55. The van der Waals surface area contributed by atoms with E-state index in [1.165, 1.54) is 5.56 Å². The van der Waals surface area contributed by atoms with Crippen LogP contribution in [0, 0.1) is 0 Å². The first-order chi connectivity index (χ1) is 7.29. The summed E-state index contributed by atoms with van der Waals surface area (Å²) >= 11 is 5.85. The van der Waals surface area contributed by atoms with Crippen molar-refractivity contribution in [2.75, 3.05) is 6.61 Å². The quantitative estimate of drug-likeness (QED) is 0.505. The number of ether oxygens (including phenoxy) is 1. The molecule has 0 saturated carbocycles. The second kappa shape index (κ2) is 7.72. The zero-order chi connectivity index (χ0) is 10.9. The predicted octanol–water partition coefficient (Wildman–Crippen LogP) is 4.00. The third-order valence-corrected chi connectivity index (χ3v) is 2.47. The SMILES string of the molecule is CC(Cl)CCCCOCc1ccccc1. The van der Waals surface area contributed by atoms with Gasteiger partial charge in [-0.1, -0.05) is 30.3 Å². The molecular weight excluding hydrogens is 208 g/mol. The van der Waals surface area contributed by atoms with Crippen molar-refractivity contribution in [2.45, 2.75) is 38.2 Å². The van der Waals surface area contributed by atoms with Crippen LogP contribution in [0.3, 0.4) is 0 Å². The smallest absolute Gasteiger partial charge is 0.0716 e. The molecule has 84 valence electrons. The lowest BCUT2D eigenvalue weighted by Crippen LogP contribution is -1.97. The summed E-state index contributed by atoms with van der Waals surface area (Å²) in [6, 6.07) is 10.3. The maximum absolute atomic E-state index is 5.85. The molecule has 1 rings (SSSR count). The topological polar surface area (TPSA) is 9.23 Å². The molecule has 0 aliphatic rings. The molecule has 1 nitrogen and oxygen atoms in total. The van der Waals surface area contributed by atoms with Crippen LogP contribution in [0.15, 0.2) is 30.3 Å². The van der Waals surface area contributed by atoms with E-state index in [1.54, 1.807) is 0 Å². The molecule has 1 unspecified atom stereocenters. The average molecular weight is 227 g/mol. The van der Waals surface area contributed by atoms with Crippen molar-refractivity contribution in [3.05, 3.63) is 35.9 Å². The molecule has 0 aliphatic heterocycles. The first-order valence-electron chi connectivity index (χ1n) is 5.55. The second-order valence-corrected chi connectivity index (χ2v) is 4.56. The summed E-state index contributed by atoms with van der Waals surface area (Å²) in [5.74, 6) is 0. The van der Waals surface area contributed by atoms with Gasteiger partial charge in [0.05, 0.1) is 6.61 Å². The van der Waals surface area contributed by atoms with E-state index < -0.39 is 0 Å². The van der Waals surface area contributed by atoms with Crippen molar-refractivity contribution in [3.8, 4) is 0 Å². The Morgan fingerprint density at radius 2 is 1.93 bits per heavy atom. The molecule has 0 saturated heterocycles. The van der Waals surface area contributed by atoms with E-state index in [4.69, 9.17) is 16.3 Å². The second-order valence-electron chi connectivity index (χ2n) is 3.81. The number of hydrogen-bond donors (Lipinski definition) is 0. The van der Waals surface area contributed by atoms with E-state index in [-0.39, 0.29) is 0 Å². The molecule has 0 bridgehead atoms. The fourth-order valence-electron chi connectivity index (χ4n) is 1.39. The van der Waals surface area contributed by atoms with E-state index >= 15 is 0 Å². The van der Waals surface area contributed by atoms with Gasteiger partial charge >= 0.3 is 0 Å². The van der Waals surface area contributed by atoms with Gasteiger partial charge in [0.1, 0.15) is 0 Å². The highest BCUT2D eigenvalue weighted by Gasteiger charge is 1.96. The Hall–Kier alpha value is -0.530. The Balaban J connectivity index is 1.98. The van der Waals surface area contributed by atoms with Crippen LogP contribution >= 0.6 is 11.6 Å². The van der Waals surface area contributed by atoms with E-state index in [0.29, 0.717) is 5.38 Å². The maximum atomic E-state index is 5.85. The molecule has 0 aromatic heterocycles. The molecule has 0 fully saturated rings. The average Bonchev–Trinajstić information content (AvgIpc) is 2.24. The van der Waals surface area contributed by atoms with Crippen LogP contribution in [0.5, 0.6) is 0 Å². The molecule has 0 amide bonds. The van der Waals surface area contributed by atoms with Gasteiger partial charge in [-0.05, 0) is 31.7 Å². The van der Waals surface area contributed by atoms with Crippen molar-refractivity contribution >= 4 is 11.6 Å². The molecule has 1 atom stereocenters. The minimum atomic E-state index is 0.291. The summed E-state index contributed by atoms with van der Waals surface area (Å²) < 4.78 is 5.56. The van der Waals surface area contributed by atoms with Gasteiger partial charge in [0.2, 0.25) is 0 Å². The Kier molecular flexibility index (Phi) is 6.45. The Morgan fingerprint density at radius 1 is 1.20 bits per heavy atom. The van der Waals surface area contributed by atoms with Crippen LogP contribution in [-0.4, -0.2) is 12.0 Å². The van der Waals surface area contributed by atoms with Crippen LogP contribution in [0.1, 0.15) is 31.7 Å². The van der Waals surface area contributed by atoms with Gasteiger partial charge in [-0.25, -0.2) is 0 Å². The van der Waals surface area contributed by atoms with Crippen LogP contribution in [0.25, 0.3) is 0 Å². The lowest BCUT2D eigenvalue weighted by Gasteiger charge is -2.05. The van der Waals surface area contributed by atoms with Crippen molar-refractivity contribution < 1.29 is 4.74 Å². The van der Waals surface area contributed by atoms with E-state index in [9.17, 15) is 0 Å². The summed E-state index contributed by atoms with van der Waals surface area (Å²) in [4.78, 5) is 0. The number of unbranched alkanes of at least 4 members (excludes halogenated alkanes) is 1. The molecule has 0 N–H and O–H groups in total. The standard InChI is InChI=1S/C13H19ClO/c1-12(14)7-5-6-10-15-11-13-8-3-2-4-9-13/h2-4,8-9,12H,5-7,10-11H2,1H3. The lowest BCUT2D eigenvalue weighted by molar-refractivity contribution is 0.117. The monoisotopic (exact) mass is 226 g/mol. The van der Waals surface area contributed by atoms with Crippen molar-refractivity contribution in [3.63, 3.8) is 0 Å². The maximum Gasteiger partial charge on any atom is 0.0716 e. The molecule has 0 aliphatic carbocycles. The summed E-state index contributed by atoms with van der Waals surface area (Å²) in [6.07, 6.45) is 3.33. The summed E-state index contributed by atoms with van der Waals surface area (Å²) in [6.45, 7) is 3.59. The number of hydrogen-bond acceptors (Lipinski definition) is 1. The van der Waals surface area contributed by atoms with Crippen molar-refractivity contribution in [1.29, 1.82) is 0 Å². The van der Waals surface area contributed by atoms with Gasteiger partial charge in [-0.3, -0.25) is 0 Å². The van der Waals surface area contributed by atoms with Gasteiger partial charge in [0.25, 0.3) is 0 Å². The van der Waals surface area contributed by atoms with Crippen molar-refractivity contribution in [2.24, 2.45) is 0 Å². The van der Waals surface area contributed by atoms with Gasteiger partial charge < -0.3 is 4.74 Å². The normalized spacial score (nSPS) is 12.7. The van der Waals surface area contributed by atoms with Crippen LogP contribution in [0.2, 0.25) is 0 Å². The molecule has 0 radical (unpaired) electrons. The molecular formula is C13H19ClO. The van der Waals surface area contributed by atoms with Crippen molar-refractivity contribution in [1.82, 2.24) is 0 Å². The minimum Gasteiger partial charge on any atom is -0.377 e. The van der Waals surface area contributed by atoms with Gasteiger partial charge in [0.15, 0.2) is 0 Å². The van der Waals surface area contributed by atoms with Crippen LogP contribution < -0.4 is 0 Å². The molecule has 2 heteroatoms. The fraction of sp³-hybridized carbons (Fsp3) is 0.538. The first kappa shape index (κ1) is 12.5. The summed E-state index contributed by atoms with van der Waals surface area (Å²) in [5, 5.41) is 0.291. The highest BCUT2D eigenvalue weighted by atomic mass is 35.5. The van der Waals surface area contributed by atoms with Gasteiger partial charge in [-0.15, -0.1) is 11.6 Å². The molecule has 0 spiro atoms. The number of halogens is 1. The lowest BCUT2D eigenvalue weighted by atomic mass is 10.2. The zero-order valence-corrected chi connectivity index (χ0v) is 10.0. The zero-order valence-electron chi connectivity index (χ0n) is 9.29. The molecule has 0 heterocycles. The van der Waals surface area contributed by atoms with E-state index in [2.05, 4.69) is 12.1 Å². The van der Waals surface area contributed by atoms with Gasteiger partial charge in [0, 0.05) is 12.0 Å². The third-order valence-electron chi connectivity index (χ3n) is 2.25. The van der Waals surface area contributed by atoms with Crippen LogP contribution in [-0.2, 0) is 11.3 Å². The first-order valence-corrected chi connectivity index (χ1v) is 5.98. The summed E-state index contributed by atoms with van der Waals surface area (Å²) in [7, 11) is 0. The molecule has 15 heavy (non-hydrogen) atoms. The molecule has 1 aromatic rings. The highest BCUT2D eigenvalue weighted by Crippen LogP contribution is 2.07. The number of alkyl halides is 1. The van der Waals surface area contributed by atoms with Gasteiger partial charge in [-0.2, -0.15) is 0 Å². The van der Waals surface area contributed by atoms with E-state index in [0.717, 1.165) is 32.5 Å². The van der Waals surface area contributed by atoms with Crippen LogP contribution in [0.4, 0.5) is 0 Å². The minimum absolute atomic E-state index is 0.291. The molecule has 1 aromatic carbocycles. The Labute approximate surface area is 97.4 Å². The van der Waals surface area contributed by atoms with E-state index in [1.807, 2.05) is 25.1 Å². The Bertz CT molecular complexity index is 246. The summed E-state index contributed by atoms with van der Waals surface area (Å²) in [5.41, 5.74) is 1.24. The Morgan fingerprint density at radius 3 is 2.60 bits per heavy atom. The largest absolute Gasteiger partial charge is 0.377 e. The highest BCUT2D eigenvalue weighted by molar-refractivity contribution is 6.20. The number of benzene rings is 1. The predicted molar refractivity (Wildman–Crippen MR) is 65.3 cm³/mol. The third kappa shape index (κ3) is 6.53. The number of rotatable bonds is 7.